The molecular weight excluding hydrogens is 348 g/mol. The van der Waals surface area contributed by atoms with Crippen molar-refractivity contribution in [3.05, 3.63) is 46.4 Å². The van der Waals surface area contributed by atoms with Gasteiger partial charge in [-0.1, -0.05) is 11.1 Å². The first-order valence-corrected chi connectivity index (χ1v) is 8.91. The number of nitrogens with zero attached hydrogens (tertiary/aromatic N) is 3. The van der Waals surface area contributed by atoms with Crippen LogP contribution in [0.4, 0.5) is 5.82 Å². The summed E-state index contributed by atoms with van der Waals surface area (Å²) in [4.78, 5) is 30.8. The van der Waals surface area contributed by atoms with Crippen molar-refractivity contribution in [1.82, 2.24) is 9.38 Å². The van der Waals surface area contributed by atoms with Gasteiger partial charge in [0.1, 0.15) is 37.1 Å². The van der Waals surface area contributed by atoms with Gasteiger partial charge in [0.05, 0.1) is 13.2 Å². The predicted molar refractivity (Wildman–Crippen MR) is 98.5 cm³/mol. The Bertz CT molecular complexity index is 1090. The van der Waals surface area contributed by atoms with Crippen molar-refractivity contribution in [1.29, 1.82) is 0 Å². The zero-order valence-corrected chi connectivity index (χ0v) is 14.9. The van der Waals surface area contributed by atoms with Gasteiger partial charge in [-0.2, -0.15) is 0 Å². The lowest BCUT2D eigenvalue weighted by atomic mass is 10.2. The van der Waals surface area contributed by atoms with E-state index >= 15 is 0 Å². The van der Waals surface area contributed by atoms with Gasteiger partial charge in [0.15, 0.2) is 0 Å². The SMILES string of the molecule is NC(=O)c1cc2c(=O)n3ccccc3nc2[n+](CC[NH+]2CCOCC2)c1N. The van der Waals surface area contributed by atoms with E-state index in [1.165, 1.54) is 15.4 Å². The molecule has 9 heteroatoms. The summed E-state index contributed by atoms with van der Waals surface area (Å²) in [5.74, 6) is -0.436. The first-order chi connectivity index (χ1) is 13.1. The van der Waals surface area contributed by atoms with Crippen LogP contribution in [0, 0.1) is 0 Å². The number of nitrogen functional groups attached to an aromatic ring is 1. The first-order valence-electron chi connectivity index (χ1n) is 8.91. The average molecular weight is 370 g/mol. The molecule has 4 heterocycles. The van der Waals surface area contributed by atoms with E-state index in [1.807, 2.05) is 6.07 Å². The molecule has 1 aliphatic rings. The van der Waals surface area contributed by atoms with Gasteiger partial charge >= 0.3 is 0 Å². The third-order valence-corrected chi connectivity index (χ3v) is 5.01. The van der Waals surface area contributed by atoms with Crippen LogP contribution in [0.3, 0.4) is 0 Å². The molecule has 4 rings (SSSR count). The minimum Gasteiger partial charge on any atom is -0.370 e. The number of quaternary nitrogens is 1. The molecule has 0 unspecified atom stereocenters. The maximum Gasteiger partial charge on any atom is 0.278 e. The highest BCUT2D eigenvalue weighted by Crippen LogP contribution is 2.13. The van der Waals surface area contributed by atoms with Crippen LogP contribution >= 0.6 is 0 Å². The summed E-state index contributed by atoms with van der Waals surface area (Å²) in [6, 6.07) is 6.78. The second-order valence-corrected chi connectivity index (χ2v) is 6.65. The molecule has 0 aromatic carbocycles. The Kier molecular flexibility index (Phi) is 4.46. The van der Waals surface area contributed by atoms with Gasteiger partial charge in [-0.15, -0.1) is 0 Å². The average Bonchev–Trinajstić information content (AvgIpc) is 2.68. The number of primary amides is 1. The van der Waals surface area contributed by atoms with Crippen LogP contribution in [-0.2, 0) is 11.3 Å². The second kappa shape index (κ2) is 6.93. The number of amides is 1. The number of nitrogens with one attached hydrogen (secondary N) is 1. The third kappa shape index (κ3) is 3.11. The van der Waals surface area contributed by atoms with Crippen LogP contribution in [0.2, 0.25) is 0 Å². The summed E-state index contributed by atoms with van der Waals surface area (Å²) < 4.78 is 8.56. The fraction of sp³-hybridized carbons (Fsp3) is 0.333. The van der Waals surface area contributed by atoms with Gasteiger partial charge in [0, 0.05) is 6.20 Å². The van der Waals surface area contributed by atoms with Crippen molar-refractivity contribution in [2.75, 3.05) is 38.6 Å². The fourth-order valence-electron chi connectivity index (χ4n) is 3.50. The maximum absolute atomic E-state index is 12.9. The molecule has 1 amide bonds. The summed E-state index contributed by atoms with van der Waals surface area (Å²) >= 11 is 0. The number of fused-ring (bicyclic) bond motifs is 2. The van der Waals surface area contributed by atoms with Crippen LogP contribution in [-0.4, -0.2) is 48.1 Å². The molecule has 0 atom stereocenters. The highest BCUT2D eigenvalue weighted by atomic mass is 16.5. The van der Waals surface area contributed by atoms with Crippen LogP contribution < -0.4 is 26.5 Å². The number of carbonyl (C=O) groups is 1. The Morgan fingerprint density at radius 1 is 1.33 bits per heavy atom. The third-order valence-electron chi connectivity index (χ3n) is 5.01. The summed E-state index contributed by atoms with van der Waals surface area (Å²) in [7, 11) is 0. The van der Waals surface area contributed by atoms with E-state index in [9.17, 15) is 9.59 Å². The van der Waals surface area contributed by atoms with Crippen LogP contribution in [0.25, 0.3) is 16.7 Å². The monoisotopic (exact) mass is 370 g/mol. The minimum absolute atomic E-state index is 0.134. The number of anilines is 1. The topological polar surface area (TPSA) is 121 Å². The van der Waals surface area contributed by atoms with Crippen molar-refractivity contribution >= 4 is 28.4 Å². The van der Waals surface area contributed by atoms with E-state index in [2.05, 4.69) is 4.98 Å². The molecule has 5 N–H and O–H groups in total. The molecule has 1 saturated heterocycles. The smallest absolute Gasteiger partial charge is 0.278 e. The van der Waals surface area contributed by atoms with Gasteiger partial charge < -0.3 is 21.1 Å². The number of ether oxygens (including phenoxy) is 1. The molecule has 0 bridgehead atoms. The van der Waals surface area contributed by atoms with Gasteiger partial charge in [-0.25, -0.2) is 4.57 Å². The summed E-state index contributed by atoms with van der Waals surface area (Å²) in [5, 5.41) is 0.318. The highest BCUT2D eigenvalue weighted by molar-refractivity contribution is 5.99. The minimum atomic E-state index is -0.667. The first kappa shape index (κ1) is 17.4. The van der Waals surface area contributed by atoms with Crippen LogP contribution in [0.15, 0.2) is 35.3 Å². The van der Waals surface area contributed by atoms with E-state index in [1.54, 1.807) is 22.9 Å². The van der Waals surface area contributed by atoms with Crippen molar-refractivity contribution in [2.45, 2.75) is 6.54 Å². The number of carbonyl (C=O) groups excluding carboxylic acids is 1. The molecule has 3 aromatic rings. The van der Waals surface area contributed by atoms with Gasteiger partial charge in [-0.05, 0) is 18.2 Å². The predicted octanol–water partition coefficient (Wildman–Crippen LogP) is -2.27. The molecule has 27 heavy (non-hydrogen) atoms. The zero-order valence-electron chi connectivity index (χ0n) is 14.9. The summed E-state index contributed by atoms with van der Waals surface area (Å²) in [6.45, 7) is 4.57. The van der Waals surface area contributed by atoms with Crippen molar-refractivity contribution in [2.24, 2.45) is 5.73 Å². The van der Waals surface area contributed by atoms with Crippen molar-refractivity contribution < 1.29 is 19.0 Å². The summed E-state index contributed by atoms with van der Waals surface area (Å²) in [5.41, 5.74) is 12.6. The van der Waals surface area contributed by atoms with Gasteiger partial charge in [-0.3, -0.25) is 14.0 Å². The Labute approximate surface area is 154 Å². The highest BCUT2D eigenvalue weighted by Gasteiger charge is 2.24. The van der Waals surface area contributed by atoms with Gasteiger partial charge in [0.25, 0.3) is 17.1 Å². The molecule has 140 valence electrons. The molecule has 0 aliphatic carbocycles. The number of rotatable bonds is 4. The molecule has 9 nitrogen and oxygen atoms in total. The largest absolute Gasteiger partial charge is 0.370 e. The Balaban J connectivity index is 1.89. The molecule has 1 aliphatic heterocycles. The molecular formula is C18H22N6O3+2. The quantitative estimate of drug-likeness (QED) is 0.353. The Hall–Kier alpha value is -3.04. The number of pyridine rings is 2. The van der Waals surface area contributed by atoms with Crippen LogP contribution in [0.1, 0.15) is 10.4 Å². The molecule has 0 radical (unpaired) electrons. The zero-order chi connectivity index (χ0) is 19.0. The lowest BCUT2D eigenvalue weighted by Crippen LogP contribution is -3.14. The Morgan fingerprint density at radius 3 is 2.85 bits per heavy atom. The van der Waals surface area contributed by atoms with Crippen LogP contribution in [0.5, 0.6) is 0 Å². The van der Waals surface area contributed by atoms with E-state index in [-0.39, 0.29) is 16.9 Å². The number of hydrogen-bond donors (Lipinski definition) is 3. The fourth-order valence-corrected chi connectivity index (χ4v) is 3.50. The number of nitrogens with two attached hydrogens (primary N) is 2. The maximum atomic E-state index is 12.9. The van der Waals surface area contributed by atoms with Crippen molar-refractivity contribution in [3.8, 4) is 0 Å². The molecule has 0 saturated carbocycles. The molecule has 3 aromatic heterocycles. The second-order valence-electron chi connectivity index (χ2n) is 6.65. The lowest BCUT2D eigenvalue weighted by molar-refractivity contribution is -0.923. The standard InChI is InChI=1S/C18H20N6O3/c19-15-12(16(20)25)11-13-17(21-14-3-1-2-4-23(14)18(13)26)24(15)6-5-22-7-9-27-10-8-22/h1-4,11,19H,5-10H2,(H2,20,25)/p+2. The van der Waals surface area contributed by atoms with Gasteiger partial charge in [0.2, 0.25) is 11.5 Å². The number of morpholine rings is 1. The Morgan fingerprint density at radius 2 is 2.11 bits per heavy atom. The number of hydrogen-bond acceptors (Lipinski definition) is 5. The van der Waals surface area contributed by atoms with E-state index in [0.717, 1.165) is 32.8 Å². The molecule has 0 spiro atoms. The van der Waals surface area contributed by atoms with E-state index < -0.39 is 5.91 Å². The number of aromatic nitrogens is 3. The van der Waals surface area contributed by atoms with E-state index in [4.69, 9.17) is 16.2 Å². The van der Waals surface area contributed by atoms with Crippen molar-refractivity contribution in [3.63, 3.8) is 0 Å². The van der Waals surface area contributed by atoms with E-state index in [0.29, 0.717) is 23.2 Å². The normalized spacial score (nSPS) is 15.4. The lowest BCUT2D eigenvalue weighted by Gasteiger charge is -2.23. The molecule has 1 fully saturated rings. The summed E-state index contributed by atoms with van der Waals surface area (Å²) in [6.07, 6.45) is 1.65.